The fourth-order valence-corrected chi connectivity index (χ4v) is 1.90. The first-order valence-corrected chi connectivity index (χ1v) is 5.20. The molecule has 2 heterocycles. The third kappa shape index (κ3) is 2.37. The predicted octanol–water partition coefficient (Wildman–Crippen LogP) is 1.62. The molecule has 0 bridgehead atoms. The first-order valence-electron chi connectivity index (χ1n) is 5.20. The second-order valence-corrected chi connectivity index (χ2v) is 3.98. The van der Waals surface area contributed by atoms with Gasteiger partial charge in [0.1, 0.15) is 0 Å². The summed E-state index contributed by atoms with van der Waals surface area (Å²) in [4.78, 5) is 30.7. The van der Waals surface area contributed by atoms with Crippen LogP contribution in [-0.4, -0.2) is 9.97 Å². The summed E-state index contributed by atoms with van der Waals surface area (Å²) in [6.45, 7) is 1.97. The molecule has 2 aliphatic heterocycles. The number of nitrogens with zero attached hydrogens (tertiary/aromatic N) is 2. The molecule has 3 rings (SSSR count). The summed E-state index contributed by atoms with van der Waals surface area (Å²) in [5.74, 6) is 0. The fraction of sp³-hybridized carbons (Fsp3) is 0.0769. The van der Waals surface area contributed by atoms with E-state index in [0.29, 0.717) is 16.1 Å². The van der Waals surface area contributed by atoms with Gasteiger partial charge in [-0.25, -0.2) is 9.97 Å². The van der Waals surface area contributed by atoms with Gasteiger partial charge in [0, 0.05) is 11.8 Å². The minimum Gasteiger partial charge on any atom is -0.267 e. The van der Waals surface area contributed by atoms with Gasteiger partial charge in [0.15, 0.2) is 0 Å². The Morgan fingerprint density at radius 2 is 1.58 bits per heavy atom. The lowest BCUT2D eigenvalue weighted by Crippen LogP contribution is -2.01. The number of benzene rings is 1. The maximum absolute atomic E-state index is 11.6. The molecule has 0 aromatic heterocycles. The van der Waals surface area contributed by atoms with Crippen LogP contribution in [0.25, 0.3) is 11.3 Å². The largest absolute Gasteiger partial charge is 0.280 e. The van der Waals surface area contributed by atoms with Gasteiger partial charge in [0.25, 0.3) is 11.1 Å². The van der Waals surface area contributed by atoms with E-state index in [4.69, 9.17) is 0 Å². The smallest absolute Gasteiger partial charge is 0.267 e. The van der Waals surface area contributed by atoms with E-state index in [9.17, 15) is 9.59 Å². The Labute approximate surface area is 120 Å². The highest BCUT2D eigenvalue weighted by molar-refractivity contribution is 5.85. The van der Waals surface area contributed by atoms with Crippen molar-refractivity contribution in [2.75, 3.05) is 0 Å². The van der Waals surface area contributed by atoms with E-state index in [1.54, 1.807) is 0 Å². The summed E-state index contributed by atoms with van der Waals surface area (Å²) >= 11 is 0. The lowest BCUT2D eigenvalue weighted by Gasteiger charge is -1.96. The number of hydrogen-bond donors (Lipinski definition) is 0. The van der Waals surface area contributed by atoms with Crippen molar-refractivity contribution >= 4 is 24.8 Å². The molecule has 98 valence electrons. The van der Waals surface area contributed by atoms with Crippen LogP contribution in [0.5, 0.6) is 0 Å². The maximum Gasteiger partial charge on any atom is 0.280 e. The predicted molar refractivity (Wildman–Crippen MR) is 76.9 cm³/mol. The van der Waals surface area contributed by atoms with Crippen LogP contribution in [0, 0.1) is 17.4 Å². The molecule has 0 atom stereocenters. The molecule has 0 spiro atoms. The zero-order valence-corrected chi connectivity index (χ0v) is 11.5. The van der Waals surface area contributed by atoms with E-state index < -0.39 is 0 Å². The Bertz CT molecular complexity index is 835. The van der Waals surface area contributed by atoms with Crippen LogP contribution in [0.3, 0.4) is 0 Å². The van der Waals surface area contributed by atoms with Gasteiger partial charge in [0.05, 0.1) is 16.1 Å². The van der Waals surface area contributed by atoms with E-state index in [1.807, 2.05) is 31.2 Å². The minimum atomic E-state index is -0.384. The Kier molecular flexibility index (Phi) is 4.39. The van der Waals surface area contributed by atoms with Crippen LogP contribution in [0.15, 0.2) is 40.1 Å². The van der Waals surface area contributed by atoms with Crippen molar-refractivity contribution in [3.05, 3.63) is 67.2 Å². The lowest BCUT2D eigenvalue weighted by molar-refractivity contribution is 1.23. The zero-order chi connectivity index (χ0) is 12.0. The van der Waals surface area contributed by atoms with E-state index in [-0.39, 0.29) is 35.9 Å². The summed E-state index contributed by atoms with van der Waals surface area (Å²) in [5, 5.41) is 0.643. The average Bonchev–Trinajstić information content (AvgIpc) is 2.83. The molecule has 0 saturated carbocycles. The number of hydrogen-bond acceptors (Lipinski definition) is 4. The van der Waals surface area contributed by atoms with Crippen molar-refractivity contribution in [2.45, 2.75) is 6.92 Å². The highest BCUT2D eigenvalue weighted by atomic mass is 35.5. The molecule has 0 radical (unpaired) electrons. The van der Waals surface area contributed by atoms with Gasteiger partial charge in [0.2, 0.25) is 0 Å². The molecule has 0 aliphatic carbocycles. The monoisotopic (exact) mass is 296 g/mol. The molecule has 1 aromatic carbocycles. The normalized spacial score (nSPS) is 9.95. The van der Waals surface area contributed by atoms with Crippen molar-refractivity contribution in [1.29, 1.82) is 0 Å². The molecule has 0 unspecified atom stereocenters. The van der Waals surface area contributed by atoms with Gasteiger partial charge >= 0.3 is 0 Å². The van der Waals surface area contributed by atoms with Gasteiger partial charge in [-0.2, -0.15) is 0 Å². The van der Waals surface area contributed by atoms with Crippen LogP contribution in [-0.2, 0) is 0 Å². The molecule has 2 aliphatic rings. The van der Waals surface area contributed by atoms with Crippen LogP contribution in [0.4, 0.5) is 0 Å². The van der Waals surface area contributed by atoms with Gasteiger partial charge in [-0.05, 0) is 6.92 Å². The second kappa shape index (κ2) is 5.47. The van der Waals surface area contributed by atoms with Crippen molar-refractivity contribution in [3.63, 3.8) is 0 Å². The van der Waals surface area contributed by atoms with E-state index in [2.05, 4.69) is 9.97 Å². The van der Waals surface area contributed by atoms with E-state index in [1.165, 1.54) is 6.20 Å². The summed E-state index contributed by atoms with van der Waals surface area (Å²) in [6, 6.07) is 7.54. The maximum atomic E-state index is 11.6. The fourth-order valence-electron chi connectivity index (χ4n) is 1.90. The number of aryl methyl sites for hydroxylation is 1. The third-order valence-electron chi connectivity index (χ3n) is 2.80. The Morgan fingerprint density at radius 3 is 2.21 bits per heavy atom. The standard InChI is InChI=1S/C13H8N2O2.2ClH/c1-7-2-4-8(5-3-7)11-10-9(12(16)15-11)6-14-13(10)17;;/h2-6H,1H3;2*1H. The number of rotatable bonds is 1. The summed E-state index contributed by atoms with van der Waals surface area (Å²) < 4.78 is 0. The van der Waals surface area contributed by atoms with Crippen LogP contribution < -0.4 is 11.1 Å². The molecular weight excluding hydrogens is 287 g/mol. The first kappa shape index (κ1) is 15.3. The molecule has 0 amide bonds. The van der Waals surface area contributed by atoms with Crippen molar-refractivity contribution in [1.82, 2.24) is 9.97 Å². The molecule has 0 fully saturated rings. The highest BCUT2D eigenvalue weighted by Crippen LogP contribution is 2.17. The van der Waals surface area contributed by atoms with Crippen molar-refractivity contribution in [2.24, 2.45) is 0 Å². The van der Waals surface area contributed by atoms with Crippen LogP contribution >= 0.6 is 24.8 Å². The highest BCUT2D eigenvalue weighted by Gasteiger charge is 2.12. The summed E-state index contributed by atoms with van der Waals surface area (Å²) in [5.41, 5.74) is 1.55. The molecule has 1 aromatic rings. The second-order valence-electron chi connectivity index (χ2n) is 3.98. The minimum absolute atomic E-state index is 0. The molecular formula is C13H10Cl2N2O2. The lowest BCUT2D eigenvalue weighted by atomic mass is 10.1. The van der Waals surface area contributed by atoms with Gasteiger partial charge in [-0.15, -0.1) is 24.8 Å². The third-order valence-corrected chi connectivity index (χ3v) is 2.80. The SMILES string of the molecule is Cc1ccc(-c2nc(=O)c3cnc(=O)c2=3)cc1.Cl.Cl. The Morgan fingerprint density at radius 1 is 0.947 bits per heavy atom. The van der Waals surface area contributed by atoms with E-state index in [0.717, 1.165) is 11.1 Å². The molecule has 19 heavy (non-hydrogen) atoms. The molecule has 6 heteroatoms. The van der Waals surface area contributed by atoms with Crippen molar-refractivity contribution < 1.29 is 0 Å². The Hall–Kier alpha value is -1.78. The summed E-state index contributed by atoms with van der Waals surface area (Å²) in [6.07, 6.45) is 1.30. The van der Waals surface area contributed by atoms with E-state index >= 15 is 0 Å². The molecule has 4 nitrogen and oxygen atoms in total. The first-order chi connectivity index (χ1) is 8.16. The number of halogens is 2. The van der Waals surface area contributed by atoms with Crippen molar-refractivity contribution in [3.8, 4) is 11.3 Å². The average molecular weight is 297 g/mol. The quantitative estimate of drug-likeness (QED) is 0.685. The van der Waals surface area contributed by atoms with Crippen LogP contribution in [0.2, 0.25) is 0 Å². The van der Waals surface area contributed by atoms with Gasteiger partial charge < -0.3 is 0 Å². The summed E-state index contributed by atoms with van der Waals surface area (Å²) in [7, 11) is 0. The zero-order valence-electron chi connectivity index (χ0n) is 9.91. The van der Waals surface area contributed by atoms with Gasteiger partial charge in [-0.1, -0.05) is 29.8 Å². The van der Waals surface area contributed by atoms with Gasteiger partial charge in [-0.3, -0.25) is 9.59 Å². The topological polar surface area (TPSA) is 59.9 Å². The molecule has 0 saturated heterocycles. The van der Waals surface area contributed by atoms with Crippen LogP contribution in [0.1, 0.15) is 5.56 Å². The Balaban J connectivity index is 0.000000902. The molecule has 0 N–H and O–H groups in total. The number of aromatic nitrogens is 2.